The van der Waals surface area contributed by atoms with Crippen LogP contribution < -0.4 is 5.43 Å². The third-order valence-electron chi connectivity index (χ3n) is 0.947. The Morgan fingerprint density at radius 1 is 2.00 bits per heavy atom. The summed E-state index contributed by atoms with van der Waals surface area (Å²) in [6.07, 6.45) is 1.44. The molecule has 1 heterocycles. The van der Waals surface area contributed by atoms with Crippen molar-refractivity contribution in [1.82, 2.24) is 5.43 Å². The Balaban J connectivity index is 2.71. The predicted molar refractivity (Wildman–Crippen MR) is 41.7 cm³/mol. The number of nitrogens with zero attached hydrogens (tertiary/aromatic N) is 1. The minimum atomic E-state index is -0.414. The maximum Gasteiger partial charge on any atom is 0.254 e. The lowest BCUT2D eigenvalue weighted by atomic mass is 10.2. The molecule has 0 aromatic rings. The van der Waals surface area contributed by atoms with Crippen molar-refractivity contribution in [3.63, 3.8) is 0 Å². The number of nitrogens with one attached hydrogen (secondary N) is 1. The van der Waals surface area contributed by atoms with Crippen LogP contribution in [0.15, 0.2) is 5.10 Å². The van der Waals surface area contributed by atoms with Crippen molar-refractivity contribution < 1.29 is 4.79 Å². The molecular formula is C4H4N2OS2. The van der Waals surface area contributed by atoms with Crippen LogP contribution >= 0.6 is 24.8 Å². The molecule has 1 amide bonds. The average Bonchev–Trinajstić information content (AvgIpc) is 2.13. The number of hydrazone groups is 1. The van der Waals surface area contributed by atoms with Crippen LogP contribution in [0.1, 0.15) is 0 Å². The first-order valence-corrected chi connectivity index (χ1v) is 3.13. The molecule has 0 spiro atoms. The first kappa shape index (κ1) is 6.70. The van der Waals surface area contributed by atoms with Crippen LogP contribution in [0.2, 0.25) is 0 Å². The zero-order valence-corrected chi connectivity index (χ0v) is 6.08. The minimum Gasteiger partial charge on any atom is -0.272 e. The van der Waals surface area contributed by atoms with Crippen molar-refractivity contribution in [2.45, 2.75) is 0 Å². The van der Waals surface area contributed by atoms with Gasteiger partial charge in [-0.2, -0.15) is 5.10 Å². The van der Waals surface area contributed by atoms with Gasteiger partial charge in [-0.25, -0.2) is 5.43 Å². The van der Waals surface area contributed by atoms with E-state index in [4.69, 9.17) is 0 Å². The minimum absolute atomic E-state index is 0.199. The Hall–Kier alpha value is -0.420. The summed E-state index contributed by atoms with van der Waals surface area (Å²) in [5.41, 5.74) is 2.25. The number of carbonyl (C=O) groups excluding carboxylic acids is 1. The van der Waals surface area contributed by atoms with Crippen LogP contribution in [0.4, 0.5) is 0 Å². The molecule has 0 aromatic carbocycles. The van der Waals surface area contributed by atoms with E-state index in [1.807, 2.05) is 0 Å². The van der Waals surface area contributed by atoms with Gasteiger partial charge in [-0.15, -0.1) is 12.6 Å². The molecule has 0 fully saturated rings. The first-order valence-electron chi connectivity index (χ1n) is 2.27. The molecule has 5 heteroatoms. The zero-order valence-electron chi connectivity index (χ0n) is 4.37. The summed E-state index contributed by atoms with van der Waals surface area (Å²) in [5, 5.41) is 3.51. The smallest absolute Gasteiger partial charge is 0.254 e. The standard InChI is InChI=1S/C4H4N2OS2/c7-3-2(4(8)9)1-5-6-3/h1-2H,(H,6,7)(H,8,9). The highest BCUT2D eigenvalue weighted by molar-refractivity contribution is 8.11. The molecule has 0 bridgehead atoms. The highest BCUT2D eigenvalue weighted by atomic mass is 32.1. The van der Waals surface area contributed by atoms with Crippen LogP contribution in [0.25, 0.3) is 0 Å². The molecule has 1 rings (SSSR count). The van der Waals surface area contributed by atoms with E-state index in [1.165, 1.54) is 6.21 Å². The number of thiol groups is 1. The van der Waals surface area contributed by atoms with Gasteiger partial charge < -0.3 is 0 Å². The summed E-state index contributed by atoms with van der Waals surface area (Å²) >= 11 is 8.48. The Kier molecular flexibility index (Phi) is 1.82. The van der Waals surface area contributed by atoms with Crippen molar-refractivity contribution in [2.24, 2.45) is 11.0 Å². The third-order valence-corrected chi connectivity index (χ3v) is 1.48. The fourth-order valence-corrected chi connectivity index (χ4v) is 0.840. The fraction of sp³-hybridized carbons (Fsp3) is 0.250. The van der Waals surface area contributed by atoms with E-state index < -0.39 is 5.92 Å². The number of thiocarbonyl (C=S) groups is 1. The van der Waals surface area contributed by atoms with E-state index in [0.717, 1.165) is 0 Å². The lowest BCUT2D eigenvalue weighted by Gasteiger charge is -1.96. The molecule has 3 nitrogen and oxygen atoms in total. The number of hydrogen-bond donors (Lipinski definition) is 2. The molecule has 0 saturated carbocycles. The second-order valence-electron chi connectivity index (χ2n) is 1.57. The fourth-order valence-electron chi connectivity index (χ4n) is 0.489. The van der Waals surface area contributed by atoms with Gasteiger partial charge in [0.15, 0.2) is 0 Å². The van der Waals surface area contributed by atoms with Crippen molar-refractivity contribution >= 4 is 41.2 Å². The Morgan fingerprint density at radius 2 is 2.67 bits per heavy atom. The molecule has 1 aliphatic rings. The Labute approximate surface area is 62.9 Å². The lowest BCUT2D eigenvalue weighted by molar-refractivity contribution is -0.120. The van der Waals surface area contributed by atoms with Gasteiger partial charge in [0.05, 0.1) is 4.20 Å². The van der Waals surface area contributed by atoms with Crippen LogP contribution in [0.3, 0.4) is 0 Å². The molecular weight excluding hydrogens is 156 g/mol. The summed E-state index contributed by atoms with van der Waals surface area (Å²) < 4.78 is 0.355. The van der Waals surface area contributed by atoms with Crippen LogP contribution in [-0.4, -0.2) is 16.3 Å². The molecule has 9 heavy (non-hydrogen) atoms. The number of amides is 1. The molecule has 1 N–H and O–H groups in total. The largest absolute Gasteiger partial charge is 0.272 e. The van der Waals surface area contributed by atoms with Crippen LogP contribution in [0.5, 0.6) is 0 Å². The van der Waals surface area contributed by atoms with Crippen molar-refractivity contribution in [2.75, 3.05) is 0 Å². The van der Waals surface area contributed by atoms with Crippen molar-refractivity contribution in [3.05, 3.63) is 0 Å². The van der Waals surface area contributed by atoms with E-state index in [9.17, 15) is 4.79 Å². The van der Waals surface area contributed by atoms with Crippen LogP contribution in [0, 0.1) is 5.92 Å². The maximum absolute atomic E-state index is 10.6. The number of carbonyl (C=O) groups is 1. The zero-order chi connectivity index (χ0) is 6.85. The summed E-state index contributed by atoms with van der Waals surface area (Å²) in [6, 6.07) is 0. The summed E-state index contributed by atoms with van der Waals surface area (Å²) in [6.45, 7) is 0. The SMILES string of the molecule is O=C1NN=CC1C(=S)S. The van der Waals surface area contributed by atoms with Gasteiger partial charge >= 0.3 is 0 Å². The van der Waals surface area contributed by atoms with Gasteiger partial charge in [-0.05, 0) is 0 Å². The summed E-state index contributed by atoms with van der Waals surface area (Å²) in [5.74, 6) is -0.613. The lowest BCUT2D eigenvalue weighted by Crippen LogP contribution is -2.23. The first-order chi connectivity index (χ1) is 4.22. The molecule has 0 radical (unpaired) electrons. The summed E-state index contributed by atoms with van der Waals surface area (Å²) in [7, 11) is 0. The Bertz CT molecular complexity index is 189. The third kappa shape index (κ3) is 1.28. The molecule has 0 saturated heterocycles. The van der Waals surface area contributed by atoms with Gasteiger partial charge in [0.1, 0.15) is 5.92 Å². The highest BCUT2D eigenvalue weighted by Gasteiger charge is 2.22. The maximum atomic E-state index is 10.6. The molecule has 0 aliphatic carbocycles. The normalized spacial score (nSPS) is 24.1. The van der Waals surface area contributed by atoms with E-state index in [2.05, 4.69) is 35.4 Å². The molecule has 1 unspecified atom stereocenters. The molecule has 48 valence electrons. The monoisotopic (exact) mass is 160 g/mol. The van der Waals surface area contributed by atoms with Gasteiger partial charge in [0.2, 0.25) is 0 Å². The second kappa shape index (κ2) is 2.45. The van der Waals surface area contributed by atoms with E-state index in [-0.39, 0.29) is 5.91 Å². The topological polar surface area (TPSA) is 41.5 Å². The van der Waals surface area contributed by atoms with Gasteiger partial charge in [0.25, 0.3) is 5.91 Å². The van der Waals surface area contributed by atoms with Crippen molar-refractivity contribution in [3.8, 4) is 0 Å². The summed E-state index contributed by atoms with van der Waals surface area (Å²) in [4.78, 5) is 10.6. The predicted octanol–water partition coefficient (Wildman–Crippen LogP) is -0.0246. The van der Waals surface area contributed by atoms with Gasteiger partial charge in [0, 0.05) is 6.21 Å². The second-order valence-corrected chi connectivity index (χ2v) is 2.79. The van der Waals surface area contributed by atoms with E-state index >= 15 is 0 Å². The highest BCUT2D eigenvalue weighted by Crippen LogP contribution is 2.04. The molecule has 0 aromatic heterocycles. The van der Waals surface area contributed by atoms with Gasteiger partial charge in [-0.3, -0.25) is 4.79 Å². The number of rotatable bonds is 1. The van der Waals surface area contributed by atoms with Gasteiger partial charge in [-0.1, -0.05) is 12.2 Å². The Morgan fingerprint density at radius 3 is 2.89 bits per heavy atom. The quantitative estimate of drug-likeness (QED) is 0.418. The van der Waals surface area contributed by atoms with E-state index in [1.54, 1.807) is 0 Å². The average molecular weight is 160 g/mol. The van der Waals surface area contributed by atoms with Crippen molar-refractivity contribution in [1.29, 1.82) is 0 Å². The van der Waals surface area contributed by atoms with E-state index in [0.29, 0.717) is 4.20 Å². The van der Waals surface area contributed by atoms with Crippen LogP contribution in [-0.2, 0) is 4.79 Å². The molecule has 1 atom stereocenters. The number of hydrogen-bond acceptors (Lipinski definition) is 3. The molecule has 1 aliphatic heterocycles.